The quantitative estimate of drug-likeness (QED) is 0.875. The minimum absolute atomic E-state index is 0.0580. The van der Waals surface area contributed by atoms with Gasteiger partial charge < -0.3 is 11.1 Å². The summed E-state index contributed by atoms with van der Waals surface area (Å²) in [6.07, 6.45) is -3.56. The molecule has 0 aliphatic heterocycles. The fourth-order valence-electron chi connectivity index (χ4n) is 1.63. The van der Waals surface area contributed by atoms with E-state index in [0.717, 1.165) is 18.6 Å². The van der Waals surface area contributed by atoms with Crippen molar-refractivity contribution < 1.29 is 18.0 Å². The number of carbonyl (C=O) groups excluding carboxylic acids is 1. The minimum atomic E-state index is -4.35. The predicted octanol–water partition coefficient (Wildman–Crippen LogP) is 2.70. The topological polar surface area (TPSA) is 55.1 Å². The fourth-order valence-corrected chi connectivity index (χ4v) is 1.63. The van der Waals surface area contributed by atoms with Crippen LogP contribution in [0.3, 0.4) is 0 Å². The Morgan fingerprint density at radius 3 is 2.30 bits per heavy atom. The molecule has 3 nitrogen and oxygen atoms in total. The van der Waals surface area contributed by atoms with E-state index in [0.29, 0.717) is 5.56 Å². The first-order chi connectivity index (χ1) is 9.25. The van der Waals surface area contributed by atoms with E-state index in [9.17, 15) is 18.0 Å². The molecule has 20 heavy (non-hydrogen) atoms. The molecule has 3 N–H and O–H groups in total. The molecule has 0 aromatic heterocycles. The van der Waals surface area contributed by atoms with Crippen molar-refractivity contribution in [2.75, 3.05) is 0 Å². The highest BCUT2D eigenvalue weighted by Crippen LogP contribution is 2.29. The van der Waals surface area contributed by atoms with E-state index in [1.165, 1.54) is 12.1 Å². The molecule has 0 bridgehead atoms. The predicted molar refractivity (Wildman–Crippen MR) is 70.7 cm³/mol. The molecular formula is C14H19F3N2O. The summed E-state index contributed by atoms with van der Waals surface area (Å²) < 4.78 is 37.1. The van der Waals surface area contributed by atoms with Gasteiger partial charge in [0.05, 0.1) is 11.6 Å². The van der Waals surface area contributed by atoms with E-state index in [2.05, 4.69) is 5.32 Å². The van der Waals surface area contributed by atoms with Gasteiger partial charge in [0.1, 0.15) is 0 Å². The second-order valence-corrected chi connectivity index (χ2v) is 4.82. The molecule has 112 valence electrons. The average molecular weight is 288 g/mol. The molecular weight excluding hydrogens is 269 g/mol. The van der Waals surface area contributed by atoms with Crippen LogP contribution in [0.25, 0.3) is 0 Å². The summed E-state index contributed by atoms with van der Waals surface area (Å²) in [7, 11) is 0. The highest BCUT2D eigenvalue weighted by atomic mass is 19.4. The monoisotopic (exact) mass is 288 g/mol. The number of halogens is 3. The Balaban J connectivity index is 2.56. The van der Waals surface area contributed by atoms with Crippen LogP contribution in [0.5, 0.6) is 0 Å². The maximum absolute atomic E-state index is 12.4. The van der Waals surface area contributed by atoms with Crippen LogP contribution in [0, 0.1) is 5.92 Å². The van der Waals surface area contributed by atoms with Crippen molar-refractivity contribution in [2.24, 2.45) is 11.7 Å². The summed E-state index contributed by atoms with van der Waals surface area (Å²) in [5, 5.41) is 2.63. The van der Waals surface area contributed by atoms with E-state index in [-0.39, 0.29) is 18.4 Å². The number of nitrogens with one attached hydrogen (secondary N) is 1. The molecule has 2 atom stereocenters. The Bertz CT molecular complexity index is 443. The first-order valence-corrected chi connectivity index (χ1v) is 6.45. The number of amides is 1. The Morgan fingerprint density at radius 1 is 1.30 bits per heavy atom. The third-order valence-corrected chi connectivity index (χ3v) is 3.31. The van der Waals surface area contributed by atoms with Gasteiger partial charge in [0.15, 0.2) is 0 Å². The van der Waals surface area contributed by atoms with Gasteiger partial charge in [-0.15, -0.1) is 0 Å². The number of nitrogens with two attached hydrogens (primary N) is 1. The lowest BCUT2D eigenvalue weighted by molar-refractivity contribution is -0.137. The van der Waals surface area contributed by atoms with Crippen molar-refractivity contribution in [2.45, 2.75) is 39.0 Å². The number of alkyl halides is 3. The third-order valence-electron chi connectivity index (χ3n) is 3.31. The summed E-state index contributed by atoms with van der Waals surface area (Å²) in [4.78, 5) is 11.7. The SMILES string of the molecule is CCC(C)[C@H](N)C(=O)NCc1ccc(C(F)(F)F)cc1. The van der Waals surface area contributed by atoms with E-state index < -0.39 is 17.8 Å². The molecule has 0 fully saturated rings. The highest BCUT2D eigenvalue weighted by molar-refractivity contribution is 5.81. The van der Waals surface area contributed by atoms with Gasteiger partial charge in [-0.1, -0.05) is 32.4 Å². The van der Waals surface area contributed by atoms with Gasteiger partial charge in [-0.2, -0.15) is 13.2 Å². The van der Waals surface area contributed by atoms with Gasteiger partial charge in [-0.3, -0.25) is 4.79 Å². The van der Waals surface area contributed by atoms with Gasteiger partial charge >= 0.3 is 6.18 Å². The average Bonchev–Trinajstić information content (AvgIpc) is 2.42. The zero-order chi connectivity index (χ0) is 15.3. The lowest BCUT2D eigenvalue weighted by Crippen LogP contribution is -2.44. The van der Waals surface area contributed by atoms with Crippen molar-refractivity contribution in [1.82, 2.24) is 5.32 Å². The molecule has 6 heteroatoms. The molecule has 0 saturated carbocycles. The Labute approximate surface area is 116 Å². The van der Waals surface area contributed by atoms with Crippen LogP contribution in [0.2, 0.25) is 0 Å². The summed E-state index contributed by atoms with van der Waals surface area (Å²) in [5.41, 5.74) is 5.65. The zero-order valence-corrected chi connectivity index (χ0v) is 11.5. The van der Waals surface area contributed by atoms with Crippen molar-refractivity contribution in [3.05, 3.63) is 35.4 Å². The number of hydrogen-bond donors (Lipinski definition) is 2. The summed E-state index contributed by atoms with van der Waals surface area (Å²) in [6.45, 7) is 3.98. The van der Waals surface area contributed by atoms with E-state index in [4.69, 9.17) is 5.73 Å². The summed E-state index contributed by atoms with van der Waals surface area (Å²) in [6, 6.07) is 4.08. The second kappa shape index (κ2) is 6.74. The standard InChI is InChI=1S/C14H19F3N2O/c1-3-9(2)12(18)13(20)19-8-10-4-6-11(7-5-10)14(15,16)17/h4-7,9,12H,3,8,18H2,1-2H3,(H,19,20)/t9?,12-/m0/s1. The molecule has 1 aromatic rings. The second-order valence-electron chi connectivity index (χ2n) is 4.82. The zero-order valence-electron chi connectivity index (χ0n) is 11.5. The van der Waals surface area contributed by atoms with E-state index in [1.54, 1.807) is 0 Å². The number of benzene rings is 1. The third kappa shape index (κ3) is 4.52. The molecule has 1 amide bonds. The van der Waals surface area contributed by atoms with Gasteiger partial charge in [-0.05, 0) is 23.6 Å². The minimum Gasteiger partial charge on any atom is -0.351 e. The molecule has 0 heterocycles. The van der Waals surface area contributed by atoms with Crippen LogP contribution in [-0.2, 0) is 17.5 Å². The van der Waals surface area contributed by atoms with Crippen LogP contribution in [0.15, 0.2) is 24.3 Å². The first kappa shape index (κ1) is 16.5. The highest BCUT2D eigenvalue weighted by Gasteiger charge is 2.29. The van der Waals surface area contributed by atoms with Crippen LogP contribution in [-0.4, -0.2) is 11.9 Å². The maximum atomic E-state index is 12.4. The first-order valence-electron chi connectivity index (χ1n) is 6.45. The van der Waals surface area contributed by atoms with Crippen LogP contribution in [0.4, 0.5) is 13.2 Å². The molecule has 0 aliphatic rings. The van der Waals surface area contributed by atoms with Crippen molar-refractivity contribution in [3.63, 3.8) is 0 Å². The van der Waals surface area contributed by atoms with Crippen molar-refractivity contribution in [3.8, 4) is 0 Å². The molecule has 0 saturated heterocycles. The van der Waals surface area contributed by atoms with Gasteiger partial charge in [0, 0.05) is 6.54 Å². The normalized spacial score (nSPS) is 14.7. The fraction of sp³-hybridized carbons (Fsp3) is 0.500. The molecule has 0 aliphatic carbocycles. The molecule has 1 rings (SSSR count). The number of carbonyl (C=O) groups is 1. The van der Waals surface area contributed by atoms with Crippen LogP contribution < -0.4 is 11.1 Å². The van der Waals surface area contributed by atoms with Gasteiger partial charge in [0.25, 0.3) is 0 Å². The summed E-state index contributed by atoms with van der Waals surface area (Å²) >= 11 is 0. The molecule has 1 unspecified atom stereocenters. The number of rotatable bonds is 5. The Hall–Kier alpha value is -1.56. The molecule has 0 spiro atoms. The van der Waals surface area contributed by atoms with Crippen LogP contribution >= 0.6 is 0 Å². The Kier molecular flexibility index (Phi) is 5.56. The lowest BCUT2D eigenvalue weighted by atomic mass is 9.99. The lowest BCUT2D eigenvalue weighted by Gasteiger charge is -2.17. The molecule has 0 radical (unpaired) electrons. The van der Waals surface area contributed by atoms with Crippen LogP contribution in [0.1, 0.15) is 31.4 Å². The van der Waals surface area contributed by atoms with E-state index in [1.807, 2.05) is 13.8 Å². The van der Waals surface area contributed by atoms with Crippen molar-refractivity contribution >= 4 is 5.91 Å². The Morgan fingerprint density at radius 2 is 1.85 bits per heavy atom. The maximum Gasteiger partial charge on any atom is 0.416 e. The number of hydrogen-bond acceptors (Lipinski definition) is 2. The summed E-state index contributed by atoms with van der Waals surface area (Å²) in [5.74, 6) is -0.234. The molecule has 1 aromatic carbocycles. The largest absolute Gasteiger partial charge is 0.416 e. The van der Waals surface area contributed by atoms with Crippen molar-refractivity contribution in [1.29, 1.82) is 0 Å². The van der Waals surface area contributed by atoms with Gasteiger partial charge in [-0.25, -0.2) is 0 Å². The van der Waals surface area contributed by atoms with E-state index >= 15 is 0 Å². The smallest absolute Gasteiger partial charge is 0.351 e. The van der Waals surface area contributed by atoms with Gasteiger partial charge in [0.2, 0.25) is 5.91 Å².